The van der Waals surface area contributed by atoms with Gasteiger partial charge in [-0.05, 0) is 54.1 Å². The third-order valence-electron chi connectivity index (χ3n) is 3.32. The maximum atomic E-state index is 11.8. The molecule has 0 spiro atoms. The lowest BCUT2D eigenvalue weighted by molar-refractivity contribution is 0.252. The van der Waals surface area contributed by atoms with E-state index in [9.17, 15) is 4.79 Å². The third-order valence-corrected chi connectivity index (χ3v) is 3.57. The van der Waals surface area contributed by atoms with Crippen molar-refractivity contribution in [1.29, 1.82) is 0 Å². The number of benzene rings is 3. The molecule has 0 radical (unpaired) electrons. The number of hydrogen-bond acceptors (Lipinski definition) is 3. The van der Waals surface area contributed by atoms with E-state index in [1.165, 1.54) is 0 Å². The SMILES string of the molecule is O=C(N/N=C/c1cccc(Oc2ccccc2)c1)Nc1ccc(Cl)cc1. The zero-order valence-electron chi connectivity index (χ0n) is 13.7. The quantitative estimate of drug-likeness (QED) is 0.476. The number of hydrogen-bond donors (Lipinski definition) is 2. The number of carbonyl (C=O) groups excluding carboxylic acids is 1. The number of carbonyl (C=O) groups is 1. The first-order valence-corrected chi connectivity index (χ1v) is 8.25. The average molecular weight is 366 g/mol. The summed E-state index contributed by atoms with van der Waals surface area (Å²) >= 11 is 5.80. The Bertz CT molecular complexity index is 896. The number of ether oxygens (including phenoxy) is 1. The number of amides is 2. The predicted molar refractivity (Wildman–Crippen MR) is 104 cm³/mol. The van der Waals surface area contributed by atoms with Crippen molar-refractivity contribution in [3.05, 3.63) is 89.4 Å². The first-order valence-electron chi connectivity index (χ1n) is 7.88. The van der Waals surface area contributed by atoms with Gasteiger partial charge >= 0.3 is 6.03 Å². The van der Waals surface area contributed by atoms with Gasteiger partial charge in [0.15, 0.2) is 0 Å². The molecule has 0 aliphatic carbocycles. The molecule has 0 atom stereocenters. The molecule has 3 aromatic rings. The van der Waals surface area contributed by atoms with E-state index in [2.05, 4.69) is 15.8 Å². The second-order valence-corrected chi connectivity index (χ2v) is 5.76. The van der Waals surface area contributed by atoms with Crippen LogP contribution in [0.5, 0.6) is 11.5 Å². The summed E-state index contributed by atoms with van der Waals surface area (Å²) in [5.74, 6) is 1.44. The van der Waals surface area contributed by atoms with E-state index in [0.29, 0.717) is 16.5 Å². The van der Waals surface area contributed by atoms with E-state index in [0.717, 1.165) is 11.3 Å². The molecule has 6 heteroatoms. The lowest BCUT2D eigenvalue weighted by Gasteiger charge is -2.06. The molecule has 3 aromatic carbocycles. The average Bonchev–Trinajstić information content (AvgIpc) is 2.65. The first kappa shape index (κ1) is 17.5. The Morgan fingerprint density at radius 2 is 1.65 bits per heavy atom. The lowest BCUT2D eigenvalue weighted by Crippen LogP contribution is -2.24. The van der Waals surface area contributed by atoms with E-state index >= 15 is 0 Å². The summed E-state index contributed by atoms with van der Waals surface area (Å²) < 4.78 is 5.76. The van der Waals surface area contributed by atoms with Crippen LogP contribution in [0.4, 0.5) is 10.5 Å². The molecular formula is C20H16ClN3O2. The largest absolute Gasteiger partial charge is 0.457 e. The fourth-order valence-corrected chi connectivity index (χ4v) is 2.27. The van der Waals surface area contributed by atoms with Crippen LogP contribution in [-0.2, 0) is 0 Å². The highest BCUT2D eigenvalue weighted by Crippen LogP contribution is 2.21. The fourth-order valence-electron chi connectivity index (χ4n) is 2.14. The van der Waals surface area contributed by atoms with Crippen LogP contribution in [-0.4, -0.2) is 12.2 Å². The molecule has 0 aliphatic rings. The van der Waals surface area contributed by atoms with Crippen molar-refractivity contribution >= 4 is 29.5 Å². The maximum Gasteiger partial charge on any atom is 0.339 e. The topological polar surface area (TPSA) is 62.7 Å². The van der Waals surface area contributed by atoms with E-state index in [1.54, 1.807) is 30.5 Å². The van der Waals surface area contributed by atoms with E-state index in [1.807, 2.05) is 54.6 Å². The summed E-state index contributed by atoms with van der Waals surface area (Å²) in [6.45, 7) is 0. The second kappa shape index (κ2) is 8.69. The molecule has 0 unspecified atom stereocenters. The van der Waals surface area contributed by atoms with Crippen molar-refractivity contribution in [3.63, 3.8) is 0 Å². The van der Waals surface area contributed by atoms with Gasteiger partial charge in [0.2, 0.25) is 0 Å². The summed E-state index contributed by atoms with van der Waals surface area (Å²) in [5.41, 5.74) is 3.83. The molecule has 0 bridgehead atoms. The van der Waals surface area contributed by atoms with Crippen LogP contribution in [0.3, 0.4) is 0 Å². The molecule has 0 heterocycles. The van der Waals surface area contributed by atoms with Crippen molar-refractivity contribution in [2.45, 2.75) is 0 Å². The van der Waals surface area contributed by atoms with E-state index in [-0.39, 0.29) is 0 Å². The van der Waals surface area contributed by atoms with Gasteiger partial charge in [0.25, 0.3) is 0 Å². The molecule has 0 saturated carbocycles. The highest BCUT2D eigenvalue weighted by atomic mass is 35.5. The van der Waals surface area contributed by atoms with Crippen molar-refractivity contribution < 1.29 is 9.53 Å². The normalized spacial score (nSPS) is 10.5. The first-order chi connectivity index (χ1) is 12.7. The second-order valence-electron chi connectivity index (χ2n) is 5.32. The molecule has 0 aliphatic heterocycles. The maximum absolute atomic E-state index is 11.8. The monoisotopic (exact) mass is 365 g/mol. The number of urea groups is 1. The van der Waals surface area contributed by atoms with Gasteiger partial charge in [-0.3, -0.25) is 0 Å². The van der Waals surface area contributed by atoms with Crippen molar-refractivity contribution in [3.8, 4) is 11.5 Å². The molecule has 26 heavy (non-hydrogen) atoms. The highest BCUT2D eigenvalue weighted by molar-refractivity contribution is 6.30. The Balaban J connectivity index is 1.55. The minimum atomic E-state index is -0.444. The van der Waals surface area contributed by atoms with Crippen LogP contribution in [0, 0.1) is 0 Å². The van der Waals surface area contributed by atoms with Gasteiger partial charge in [-0.1, -0.05) is 41.9 Å². The van der Waals surface area contributed by atoms with Crippen LogP contribution in [0.1, 0.15) is 5.56 Å². The molecule has 0 saturated heterocycles. The van der Waals surface area contributed by atoms with Crippen molar-refractivity contribution in [1.82, 2.24) is 5.43 Å². The van der Waals surface area contributed by atoms with Crippen LogP contribution in [0.2, 0.25) is 5.02 Å². The number of rotatable bonds is 5. The zero-order chi connectivity index (χ0) is 18.2. The zero-order valence-corrected chi connectivity index (χ0v) is 14.5. The fraction of sp³-hybridized carbons (Fsp3) is 0. The Hall–Kier alpha value is -3.31. The van der Waals surface area contributed by atoms with Gasteiger partial charge in [-0.25, -0.2) is 10.2 Å². The van der Waals surface area contributed by atoms with Gasteiger partial charge in [0.1, 0.15) is 11.5 Å². The molecule has 130 valence electrons. The Morgan fingerprint density at radius 1 is 0.923 bits per heavy atom. The number of nitrogens with zero attached hydrogens (tertiary/aromatic N) is 1. The van der Waals surface area contributed by atoms with Crippen molar-refractivity contribution in [2.75, 3.05) is 5.32 Å². The Morgan fingerprint density at radius 3 is 2.42 bits per heavy atom. The van der Waals surface area contributed by atoms with E-state index in [4.69, 9.17) is 16.3 Å². The Labute approximate surface area is 156 Å². The molecule has 0 fully saturated rings. The smallest absolute Gasteiger partial charge is 0.339 e. The van der Waals surface area contributed by atoms with Crippen LogP contribution >= 0.6 is 11.6 Å². The van der Waals surface area contributed by atoms with E-state index < -0.39 is 6.03 Å². The Kier molecular flexibility index (Phi) is 5.85. The predicted octanol–water partition coefficient (Wildman–Crippen LogP) is 5.29. The van der Waals surface area contributed by atoms with Gasteiger partial charge in [0.05, 0.1) is 6.21 Å². The minimum absolute atomic E-state index is 0.444. The van der Waals surface area contributed by atoms with Crippen LogP contribution in [0.15, 0.2) is 84.0 Å². The summed E-state index contributed by atoms with van der Waals surface area (Å²) in [6.07, 6.45) is 1.54. The standard InChI is InChI=1S/C20H16ClN3O2/c21-16-9-11-17(12-10-16)23-20(25)24-22-14-15-5-4-8-19(13-15)26-18-6-2-1-3-7-18/h1-14H,(H2,23,24,25)/b22-14+. The molecule has 2 amide bonds. The molecule has 3 rings (SSSR count). The van der Waals surface area contributed by atoms with Crippen molar-refractivity contribution in [2.24, 2.45) is 5.10 Å². The lowest BCUT2D eigenvalue weighted by atomic mass is 10.2. The highest BCUT2D eigenvalue weighted by Gasteiger charge is 2.00. The summed E-state index contributed by atoms with van der Waals surface area (Å²) in [6, 6.07) is 23.2. The number of hydrazone groups is 1. The number of halogens is 1. The van der Waals surface area contributed by atoms with Gasteiger partial charge in [-0.2, -0.15) is 5.10 Å². The van der Waals surface area contributed by atoms with Crippen LogP contribution in [0.25, 0.3) is 0 Å². The number of para-hydroxylation sites is 1. The molecular weight excluding hydrogens is 350 g/mol. The summed E-state index contributed by atoms with van der Waals surface area (Å²) in [7, 11) is 0. The molecule has 2 N–H and O–H groups in total. The third kappa shape index (κ3) is 5.36. The number of anilines is 1. The van der Waals surface area contributed by atoms with Gasteiger partial charge in [-0.15, -0.1) is 0 Å². The molecule has 5 nitrogen and oxygen atoms in total. The summed E-state index contributed by atoms with van der Waals surface area (Å²) in [4.78, 5) is 11.8. The van der Waals surface area contributed by atoms with Gasteiger partial charge in [0, 0.05) is 10.7 Å². The number of nitrogens with one attached hydrogen (secondary N) is 2. The molecule has 0 aromatic heterocycles. The van der Waals surface area contributed by atoms with Gasteiger partial charge < -0.3 is 10.1 Å². The van der Waals surface area contributed by atoms with Crippen LogP contribution < -0.4 is 15.5 Å². The minimum Gasteiger partial charge on any atom is -0.457 e. The summed E-state index contributed by atoms with van der Waals surface area (Å²) in [5, 5.41) is 7.19.